The summed E-state index contributed by atoms with van der Waals surface area (Å²) in [6.45, 7) is 4.08. The number of alkyl halides is 1. The molecule has 0 bridgehead atoms. The zero-order valence-electron chi connectivity index (χ0n) is 10.5. The number of morpholine rings is 1. The fourth-order valence-electron chi connectivity index (χ4n) is 2.23. The summed E-state index contributed by atoms with van der Waals surface area (Å²) >= 11 is 3.46. The number of hydrogen-bond donors (Lipinski definition) is 2. The summed E-state index contributed by atoms with van der Waals surface area (Å²) in [4.78, 5) is 14.0. The summed E-state index contributed by atoms with van der Waals surface area (Å²) in [6.07, 6.45) is 2.36. The van der Waals surface area contributed by atoms with Crippen LogP contribution in [0.5, 0.6) is 0 Å². The van der Waals surface area contributed by atoms with Gasteiger partial charge in [-0.3, -0.25) is 9.69 Å². The number of nitrogens with zero attached hydrogens (tertiary/aromatic N) is 1. The number of aliphatic hydroxyl groups is 1. The van der Waals surface area contributed by atoms with E-state index >= 15 is 0 Å². The minimum Gasteiger partial charge on any atom is -0.390 e. The quantitative estimate of drug-likeness (QED) is 0.706. The normalized spacial score (nSPS) is 25.2. The molecule has 0 aromatic carbocycles. The molecule has 0 radical (unpaired) electrons. The molecular weight excluding hydrogens is 300 g/mol. The van der Waals surface area contributed by atoms with Crippen molar-refractivity contribution in [3.63, 3.8) is 0 Å². The predicted molar refractivity (Wildman–Crippen MR) is 71.8 cm³/mol. The molecular formula is C12H21BrN2O3. The lowest BCUT2D eigenvalue weighted by Crippen LogP contribution is -2.50. The van der Waals surface area contributed by atoms with E-state index < -0.39 is 6.10 Å². The molecule has 2 aliphatic rings. The van der Waals surface area contributed by atoms with Gasteiger partial charge in [0, 0.05) is 26.2 Å². The minimum absolute atomic E-state index is 0.00905. The third kappa shape index (κ3) is 3.66. The molecule has 0 spiro atoms. The number of hydrogen-bond acceptors (Lipinski definition) is 4. The number of β-amino-alcohol motifs (C(OH)–C–C–N with tert-alkyl or cyclic N) is 1. The van der Waals surface area contributed by atoms with E-state index in [-0.39, 0.29) is 10.2 Å². The fourth-order valence-corrected chi connectivity index (χ4v) is 2.93. The highest BCUT2D eigenvalue weighted by atomic mass is 79.9. The first-order valence-electron chi connectivity index (χ1n) is 6.55. The van der Waals surface area contributed by atoms with Gasteiger partial charge in [0.15, 0.2) is 0 Å². The van der Waals surface area contributed by atoms with Gasteiger partial charge in [-0.15, -0.1) is 0 Å². The van der Waals surface area contributed by atoms with Crippen LogP contribution in [-0.4, -0.2) is 65.7 Å². The van der Waals surface area contributed by atoms with Gasteiger partial charge in [0.05, 0.1) is 19.3 Å². The van der Waals surface area contributed by atoms with Crippen LogP contribution in [0.15, 0.2) is 0 Å². The Morgan fingerprint density at radius 3 is 2.67 bits per heavy atom. The molecule has 1 aliphatic carbocycles. The molecule has 18 heavy (non-hydrogen) atoms. The second-order valence-corrected chi connectivity index (χ2v) is 6.61. The summed E-state index contributed by atoms with van der Waals surface area (Å²) < 4.78 is 4.88. The van der Waals surface area contributed by atoms with Crippen molar-refractivity contribution >= 4 is 21.8 Å². The summed E-state index contributed by atoms with van der Waals surface area (Å²) in [6, 6.07) is 0. The Morgan fingerprint density at radius 2 is 2.11 bits per heavy atom. The molecule has 2 rings (SSSR count). The Bertz CT molecular complexity index is 291. The molecule has 1 aliphatic heterocycles. The second-order valence-electron chi connectivity index (χ2n) is 5.10. The first kappa shape index (κ1) is 14.2. The van der Waals surface area contributed by atoms with Crippen molar-refractivity contribution in [2.24, 2.45) is 0 Å². The molecule has 1 amide bonds. The van der Waals surface area contributed by atoms with E-state index in [9.17, 15) is 9.90 Å². The number of ether oxygens (including phenoxy) is 1. The van der Waals surface area contributed by atoms with Gasteiger partial charge < -0.3 is 15.2 Å². The van der Waals surface area contributed by atoms with Crippen molar-refractivity contribution in [3.05, 3.63) is 0 Å². The van der Waals surface area contributed by atoms with E-state index in [2.05, 4.69) is 26.1 Å². The van der Waals surface area contributed by atoms with Crippen LogP contribution in [0.1, 0.15) is 19.3 Å². The van der Waals surface area contributed by atoms with Crippen molar-refractivity contribution in [2.75, 3.05) is 39.4 Å². The summed E-state index contributed by atoms with van der Waals surface area (Å²) in [7, 11) is 0. The van der Waals surface area contributed by atoms with Crippen LogP contribution in [0.4, 0.5) is 0 Å². The molecule has 1 unspecified atom stereocenters. The van der Waals surface area contributed by atoms with Gasteiger partial charge in [0.25, 0.3) is 0 Å². The van der Waals surface area contributed by atoms with E-state index in [4.69, 9.17) is 4.74 Å². The molecule has 1 atom stereocenters. The van der Waals surface area contributed by atoms with E-state index in [1.54, 1.807) is 0 Å². The molecule has 0 aromatic heterocycles. The average molecular weight is 321 g/mol. The Labute approximate surface area is 116 Å². The number of rotatable bonds is 5. The first-order valence-corrected chi connectivity index (χ1v) is 7.35. The maximum Gasteiger partial charge on any atom is 0.236 e. The molecule has 2 fully saturated rings. The van der Waals surface area contributed by atoms with Crippen LogP contribution in [0.3, 0.4) is 0 Å². The monoisotopic (exact) mass is 320 g/mol. The Hall–Kier alpha value is -0.170. The molecule has 1 saturated carbocycles. The van der Waals surface area contributed by atoms with E-state index in [1.165, 1.54) is 0 Å². The van der Waals surface area contributed by atoms with Gasteiger partial charge in [-0.05, 0) is 19.3 Å². The Balaban J connectivity index is 1.64. The SMILES string of the molecule is O=C(NCC(O)CN1CCOCC1)C1(Br)CCC1. The summed E-state index contributed by atoms with van der Waals surface area (Å²) in [5.74, 6) is 0.00905. The summed E-state index contributed by atoms with van der Waals surface area (Å²) in [5, 5.41) is 12.7. The van der Waals surface area contributed by atoms with Gasteiger partial charge in [0.2, 0.25) is 5.91 Å². The maximum absolute atomic E-state index is 11.8. The van der Waals surface area contributed by atoms with Crippen molar-refractivity contribution in [1.29, 1.82) is 0 Å². The van der Waals surface area contributed by atoms with Crippen LogP contribution in [-0.2, 0) is 9.53 Å². The van der Waals surface area contributed by atoms with Gasteiger partial charge in [-0.1, -0.05) is 15.9 Å². The lowest BCUT2D eigenvalue weighted by atomic mass is 9.84. The van der Waals surface area contributed by atoms with Crippen molar-refractivity contribution in [2.45, 2.75) is 29.7 Å². The van der Waals surface area contributed by atoms with E-state index in [0.717, 1.165) is 45.6 Å². The van der Waals surface area contributed by atoms with Gasteiger partial charge in [-0.25, -0.2) is 0 Å². The number of carbonyl (C=O) groups is 1. The smallest absolute Gasteiger partial charge is 0.236 e. The largest absolute Gasteiger partial charge is 0.390 e. The predicted octanol–water partition coefficient (Wildman–Crippen LogP) is 0.113. The van der Waals surface area contributed by atoms with Crippen molar-refractivity contribution in [1.82, 2.24) is 10.2 Å². The number of halogens is 1. The highest BCUT2D eigenvalue weighted by Crippen LogP contribution is 2.40. The molecule has 1 heterocycles. The minimum atomic E-state index is -0.511. The molecule has 0 aromatic rings. The molecule has 1 saturated heterocycles. The first-order chi connectivity index (χ1) is 8.60. The van der Waals surface area contributed by atoms with Crippen molar-refractivity contribution in [3.8, 4) is 0 Å². The lowest BCUT2D eigenvalue weighted by molar-refractivity contribution is -0.125. The van der Waals surface area contributed by atoms with Gasteiger partial charge in [-0.2, -0.15) is 0 Å². The highest BCUT2D eigenvalue weighted by molar-refractivity contribution is 9.10. The maximum atomic E-state index is 11.8. The number of amides is 1. The van der Waals surface area contributed by atoms with Crippen LogP contribution in [0.25, 0.3) is 0 Å². The average Bonchev–Trinajstić information content (AvgIpc) is 2.34. The third-order valence-electron chi connectivity index (χ3n) is 3.62. The molecule has 6 heteroatoms. The summed E-state index contributed by atoms with van der Waals surface area (Å²) in [5.41, 5.74) is 0. The molecule has 104 valence electrons. The standard InChI is InChI=1S/C12H21BrN2O3/c13-12(2-1-3-12)11(17)14-8-10(16)9-15-4-6-18-7-5-15/h10,16H,1-9H2,(H,14,17). The lowest BCUT2D eigenvalue weighted by Gasteiger charge is -2.35. The third-order valence-corrected chi connectivity index (χ3v) is 4.78. The highest BCUT2D eigenvalue weighted by Gasteiger charge is 2.41. The van der Waals surface area contributed by atoms with Crippen LogP contribution in [0, 0.1) is 0 Å². The second kappa shape index (κ2) is 6.32. The topological polar surface area (TPSA) is 61.8 Å². The number of nitrogens with one attached hydrogen (secondary N) is 1. The zero-order valence-corrected chi connectivity index (χ0v) is 12.1. The molecule has 2 N–H and O–H groups in total. The van der Waals surface area contributed by atoms with Gasteiger partial charge >= 0.3 is 0 Å². The Morgan fingerprint density at radius 1 is 1.44 bits per heavy atom. The number of aliphatic hydroxyl groups excluding tert-OH is 1. The van der Waals surface area contributed by atoms with Crippen molar-refractivity contribution < 1.29 is 14.6 Å². The van der Waals surface area contributed by atoms with Crippen LogP contribution >= 0.6 is 15.9 Å². The Kier molecular flexibility index (Phi) is 5.00. The van der Waals surface area contributed by atoms with E-state index in [1.807, 2.05) is 0 Å². The fraction of sp³-hybridized carbons (Fsp3) is 0.917. The molecule has 5 nitrogen and oxygen atoms in total. The van der Waals surface area contributed by atoms with Gasteiger partial charge in [0.1, 0.15) is 4.32 Å². The van der Waals surface area contributed by atoms with E-state index in [0.29, 0.717) is 13.1 Å². The van der Waals surface area contributed by atoms with Crippen LogP contribution < -0.4 is 5.32 Å². The zero-order chi connectivity index (χ0) is 13.0. The van der Waals surface area contributed by atoms with Crippen LogP contribution in [0.2, 0.25) is 0 Å². The number of carbonyl (C=O) groups excluding carboxylic acids is 1.